The maximum absolute atomic E-state index is 11.1. The quantitative estimate of drug-likeness (QED) is 0.565. The molecule has 0 unspecified atom stereocenters. The van der Waals surface area contributed by atoms with Crippen LogP contribution in [0, 0.1) is 17.0 Å². The molecule has 18 heavy (non-hydrogen) atoms. The normalized spacial score (nSPS) is 10.9. The van der Waals surface area contributed by atoms with Gasteiger partial charge in [-0.3, -0.25) is 10.1 Å². The molecule has 1 aromatic carbocycles. The largest absolute Gasteiger partial charge is 0.353 e. The summed E-state index contributed by atoms with van der Waals surface area (Å²) < 4.78 is 0. The van der Waals surface area contributed by atoms with E-state index in [-0.39, 0.29) is 10.6 Å². The summed E-state index contributed by atoms with van der Waals surface area (Å²) in [5, 5.41) is 14.6. The van der Waals surface area contributed by atoms with Crippen LogP contribution in [0.5, 0.6) is 0 Å². The lowest BCUT2D eigenvalue weighted by Crippen LogP contribution is -1.90. The molecule has 0 aliphatic rings. The van der Waals surface area contributed by atoms with Gasteiger partial charge in [-0.1, -0.05) is 0 Å². The average Bonchev–Trinajstić information content (AvgIpc) is 2.93. The van der Waals surface area contributed by atoms with E-state index in [1.54, 1.807) is 12.3 Å². The van der Waals surface area contributed by atoms with Crippen LogP contribution in [-0.4, -0.2) is 14.9 Å². The molecule has 3 rings (SSSR count). The van der Waals surface area contributed by atoms with Gasteiger partial charge in [0.05, 0.1) is 4.92 Å². The first-order valence-electron chi connectivity index (χ1n) is 5.33. The zero-order valence-electron chi connectivity index (χ0n) is 9.51. The summed E-state index contributed by atoms with van der Waals surface area (Å²) in [5.41, 5.74) is 2.34. The van der Waals surface area contributed by atoms with Crippen molar-refractivity contribution in [3.05, 3.63) is 45.6 Å². The van der Waals surface area contributed by atoms with Gasteiger partial charge in [0.15, 0.2) is 0 Å². The smallest absolute Gasteiger partial charge is 0.293 e. The fourth-order valence-corrected chi connectivity index (χ4v) is 2.63. The SMILES string of the molecule is Cc1cc2cc(-c3nccs3)cc([N+](=O)[O-])c2[nH]1. The van der Waals surface area contributed by atoms with Gasteiger partial charge < -0.3 is 4.98 Å². The Morgan fingerprint density at radius 1 is 1.39 bits per heavy atom. The molecular formula is C12H9N3O2S. The number of non-ortho nitro benzene ring substituents is 1. The molecule has 2 heterocycles. The minimum atomic E-state index is -0.366. The van der Waals surface area contributed by atoms with Gasteiger partial charge in [0.2, 0.25) is 0 Å². The van der Waals surface area contributed by atoms with Crippen molar-refractivity contribution in [2.45, 2.75) is 6.92 Å². The van der Waals surface area contributed by atoms with Gasteiger partial charge in [-0.2, -0.15) is 0 Å². The molecule has 6 heteroatoms. The minimum absolute atomic E-state index is 0.0887. The van der Waals surface area contributed by atoms with Crippen LogP contribution in [0.4, 0.5) is 5.69 Å². The van der Waals surface area contributed by atoms with Gasteiger partial charge in [-0.25, -0.2) is 4.98 Å². The van der Waals surface area contributed by atoms with Crippen molar-refractivity contribution in [3.8, 4) is 10.6 Å². The van der Waals surface area contributed by atoms with Crippen LogP contribution in [0.15, 0.2) is 29.8 Å². The Bertz CT molecular complexity index is 731. The topological polar surface area (TPSA) is 71.8 Å². The van der Waals surface area contributed by atoms with Crippen molar-refractivity contribution in [2.24, 2.45) is 0 Å². The third kappa shape index (κ3) is 1.67. The maximum Gasteiger partial charge on any atom is 0.293 e. The highest BCUT2D eigenvalue weighted by atomic mass is 32.1. The van der Waals surface area contributed by atoms with E-state index in [0.29, 0.717) is 5.52 Å². The number of H-pyrrole nitrogens is 1. The predicted octanol–water partition coefficient (Wildman–Crippen LogP) is 3.51. The Morgan fingerprint density at radius 3 is 2.89 bits per heavy atom. The second-order valence-electron chi connectivity index (χ2n) is 4.01. The summed E-state index contributed by atoms with van der Waals surface area (Å²) in [5.74, 6) is 0. The lowest BCUT2D eigenvalue weighted by molar-refractivity contribution is -0.383. The zero-order valence-corrected chi connectivity index (χ0v) is 10.3. The second kappa shape index (κ2) is 3.92. The zero-order chi connectivity index (χ0) is 12.7. The van der Waals surface area contributed by atoms with E-state index in [1.165, 1.54) is 11.3 Å². The molecule has 0 saturated carbocycles. The number of hydrogen-bond acceptors (Lipinski definition) is 4. The molecule has 0 aliphatic carbocycles. The van der Waals surface area contributed by atoms with E-state index < -0.39 is 0 Å². The number of thiazole rings is 1. The maximum atomic E-state index is 11.1. The van der Waals surface area contributed by atoms with Crippen LogP contribution in [-0.2, 0) is 0 Å². The molecule has 0 radical (unpaired) electrons. The monoisotopic (exact) mass is 259 g/mol. The predicted molar refractivity (Wildman–Crippen MR) is 70.8 cm³/mol. The van der Waals surface area contributed by atoms with E-state index in [2.05, 4.69) is 9.97 Å². The van der Waals surface area contributed by atoms with Gasteiger partial charge in [0.25, 0.3) is 5.69 Å². The number of nitrogens with zero attached hydrogens (tertiary/aromatic N) is 2. The number of aromatic nitrogens is 2. The summed E-state index contributed by atoms with van der Waals surface area (Å²) in [6.07, 6.45) is 1.69. The Morgan fingerprint density at radius 2 is 2.22 bits per heavy atom. The number of rotatable bonds is 2. The summed E-state index contributed by atoms with van der Waals surface area (Å²) >= 11 is 1.47. The fourth-order valence-electron chi connectivity index (χ4n) is 2.00. The number of nitrogens with one attached hydrogen (secondary N) is 1. The molecule has 0 atom stereocenters. The Kier molecular flexibility index (Phi) is 2.38. The van der Waals surface area contributed by atoms with Crippen LogP contribution >= 0.6 is 11.3 Å². The van der Waals surface area contributed by atoms with E-state index in [1.807, 2.05) is 24.4 Å². The first-order chi connectivity index (χ1) is 8.65. The van der Waals surface area contributed by atoms with E-state index in [0.717, 1.165) is 21.7 Å². The number of aromatic amines is 1. The van der Waals surface area contributed by atoms with Crippen molar-refractivity contribution in [1.82, 2.24) is 9.97 Å². The number of nitro groups is 1. The van der Waals surface area contributed by atoms with Gasteiger partial charge >= 0.3 is 0 Å². The van der Waals surface area contributed by atoms with Crippen molar-refractivity contribution < 1.29 is 4.92 Å². The van der Waals surface area contributed by atoms with Crippen molar-refractivity contribution in [1.29, 1.82) is 0 Å². The molecule has 0 aliphatic heterocycles. The van der Waals surface area contributed by atoms with Gasteiger partial charge in [-0.15, -0.1) is 11.3 Å². The van der Waals surface area contributed by atoms with Crippen molar-refractivity contribution in [2.75, 3.05) is 0 Å². The van der Waals surface area contributed by atoms with Crippen LogP contribution in [0.25, 0.3) is 21.5 Å². The Labute approximate surface area is 106 Å². The molecule has 2 aromatic heterocycles. The van der Waals surface area contributed by atoms with Crippen LogP contribution < -0.4 is 0 Å². The van der Waals surface area contributed by atoms with Crippen molar-refractivity contribution in [3.63, 3.8) is 0 Å². The number of fused-ring (bicyclic) bond motifs is 1. The summed E-state index contributed by atoms with van der Waals surface area (Å²) in [6.45, 7) is 1.88. The summed E-state index contributed by atoms with van der Waals surface area (Å²) in [7, 11) is 0. The standard InChI is InChI=1S/C12H9N3O2S/c1-7-4-8-5-9(12-13-2-3-18-12)6-10(15(16)17)11(8)14-7/h2-6,14H,1H3. The minimum Gasteiger partial charge on any atom is -0.353 e. The highest BCUT2D eigenvalue weighted by Crippen LogP contribution is 2.33. The van der Waals surface area contributed by atoms with Gasteiger partial charge in [-0.05, 0) is 19.1 Å². The number of hydrogen-bond donors (Lipinski definition) is 1. The second-order valence-corrected chi connectivity index (χ2v) is 4.90. The molecule has 3 aromatic rings. The Hall–Kier alpha value is -2.21. The van der Waals surface area contributed by atoms with Crippen LogP contribution in [0.1, 0.15) is 5.69 Å². The Balaban J connectivity index is 2.33. The lowest BCUT2D eigenvalue weighted by Gasteiger charge is -1.99. The van der Waals surface area contributed by atoms with E-state index in [4.69, 9.17) is 0 Å². The van der Waals surface area contributed by atoms with Crippen LogP contribution in [0.2, 0.25) is 0 Å². The first-order valence-corrected chi connectivity index (χ1v) is 6.21. The molecular weight excluding hydrogens is 250 g/mol. The van der Waals surface area contributed by atoms with E-state index >= 15 is 0 Å². The number of benzene rings is 1. The fraction of sp³-hybridized carbons (Fsp3) is 0.0833. The lowest BCUT2D eigenvalue weighted by atomic mass is 10.1. The van der Waals surface area contributed by atoms with E-state index in [9.17, 15) is 10.1 Å². The molecule has 0 saturated heterocycles. The molecule has 0 amide bonds. The molecule has 90 valence electrons. The number of nitro benzene ring substituents is 1. The third-order valence-electron chi connectivity index (χ3n) is 2.72. The number of aryl methyl sites for hydroxylation is 1. The van der Waals surface area contributed by atoms with Gasteiger partial charge in [0, 0.05) is 34.3 Å². The first kappa shape index (κ1) is 10.9. The highest BCUT2D eigenvalue weighted by Gasteiger charge is 2.17. The summed E-state index contributed by atoms with van der Waals surface area (Å²) in [6, 6.07) is 5.39. The molecule has 0 bridgehead atoms. The van der Waals surface area contributed by atoms with Crippen molar-refractivity contribution >= 4 is 27.9 Å². The molecule has 5 nitrogen and oxygen atoms in total. The summed E-state index contributed by atoms with van der Waals surface area (Å²) in [4.78, 5) is 18.0. The average molecular weight is 259 g/mol. The third-order valence-corrected chi connectivity index (χ3v) is 3.54. The molecule has 1 N–H and O–H groups in total. The molecule has 0 spiro atoms. The highest BCUT2D eigenvalue weighted by molar-refractivity contribution is 7.13. The molecule has 0 fully saturated rings. The van der Waals surface area contributed by atoms with Gasteiger partial charge in [0.1, 0.15) is 10.5 Å². The van der Waals surface area contributed by atoms with Crippen LogP contribution in [0.3, 0.4) is 0 Å².